The number of amides is 1. The van der Waals surface area contributed by atoms with Gasteiger partial charge in [0.05, 0.1) is 17.1 Å². The molecule has 0 aliphatic carbocycles. The van der Waals surface area contributed by atoms with E-state index in [1.807, 2.05) is 55.5 Å². The van der Waals surface area contributed by atoms with Crippen LogP contribution in [0.3, 0.4) is 0 Å². The van der Waals surface area contributed by atoms with Crippen LogP contribution < -0.4 is 14.4 Å². The number of aryl methyl sites for hydroxylation is 1. The minimum Gasteiger partial charge on any atom is -0.476 e. The highest BCUT2D eigenvalue weighted by Crippen LogP contribution is 2.37. The number of fused-ring (bicyclic) bond motifs is 2. The third-order valence-corrected chi connectivity index (χ3v) is 7.68. The molecule has 0 fully saturated rings. The second-order valence-corrected chi connectivity index (χ2v) is 10.2. The van der Waals surface area contributed by atoms with Gasteiger partial charge in [-0.1, -0.05) is 60.7 Å². The minimum atomic E-state index is -3.88. The van der Waals surface area contributed by atoms with Gasteiger partial charge >= 0.3 is 0 Å². The van der Waals surface area contributed by atoms with E-state index in [2.05, 4.69) is 5.32 Å². The zero-order chi connectivity index (χ0) is 23.7. The molecule has 34 heavy (non-hydrogen) atoms. The summed E-state index contributed by atoms with van der Waals surface area (Å²) in [6.45, 7) is 2.09. The highest BCUT2D eigenvalue weighted by atomic mass is 32.2. The number of benzene rings is 4. The number of hydrogen-bond acceptors (Lipinski definition) is 4. The molecule has 4 aromatic rings. The first-order chi connectivity index (χ1) is 16.4. The first kappa shape index (κ1) is 22.0. The zero-order valence-corrected chi connectivity index (χ0v) is 19.5. The number of hydrogen-bond donors (Lipinski definition) is 1. The van der Waals surface area contributed by atoms with Crippen molar-refractivity contribution >= 4 is 32.4 Å². The fourth-order valence-electron chi connectivity index (χ4n) is 4.10. The van der Waals surface area contributed by atoms with Crippen LogP contribution in [0, 0.1) is 6.92 Å². The lowest BCUT2D eigenvalue weighted by molar-refractivity contribution is -0.127. The standard InChI is InChI=1S/C27H24N2O4S/c1-19-11-14-25-24(15-19)29(34(31,32)23-9-3-2-4-10-23)18-26(33-25)27(30)28-17-20-12-13-21-7-5-6-8-22(21)16-20/h2-16,26H,17-18H2,1H3,(H,28,30)/t26-/m0/s1. The van der Waals surface area contributed by atoms with Crippen LogP contribution in [0.4, 0.5) is 5.69 Å². The van der Waals surface area contributed by atoms with Crippen molar-refractivity contribution in [3.8, 4) is 5.75 Å². The van der Waals surface area contributed by atoms with E-state index in [0.29, 0.717) is 18.0 Å². The Balaban J connectivity index is 1.40. The van der Waals surface area contributed by atoms with Crippen molar-refractivity contribution in [1.82, 2.24) is 5.32 Å². The van der Waals surface area contributed by atoms with Gasteiger partial charge in [0.1, 0.15) is 5.75 Å². The number of sulfonamides is 1. The third kappa shape index (κ3) is 4.22. The molecule has 5 rings (SSSR count). The second kappa shape index (κ2) is 8.83. The summed E-state index contributed by atoms with van der Waals surface area (Å²) in [5, 5.41) is 5.12. The summed E-state index contributed by atoms with van der Waals surface area (Å²) in [7, 11) is -3.88. The van der Waals surface area contributed by atoms with Gasteiger partial charge in [-0.2, -0.15) is 0 Å². The van der Waals surface area contributed by atoms with Crippen molar-refractivity contribution in [3.63, 3.8) is 0 Å². The van der Waals surface area contributed by atoms with Crippen LogP contribution >= 0.6 is 0 Å². The zero-order valence-electron chi connectivity index (χ0n) is 18.6. The monoisotopic (exact) mass is 472 g/mol. The molecular weight excluding hydrogens is 448 g/mol. The Bertz CT molecular complexity index is 1470. The van der Waals surface area contributed by atoms with E-state index in [1.165, 1.54) is 4.31 Å². The molecule has 172 valence electrons. The van der Waals surface area contributed by atoms with Crippen molar-refractivity contribution in [2.45, 2.75) is 24.5 Å². The molecule has 0 saturated heterocycles. The Kier molecular flexibility index (Phi) is 5.71. The molecule has 1 aliphatic rings. The number of ether oxygens (including phenoxy) is 1. The van der Waals surface area contributed by atoms with Gasteiger partial charge in [0.15, 0.2) is 6.10 Å². The molecule has 1 heterocycles. The van der Waals surface area contributed by atoms with Crippen LogP contribution in [0.2, 0.25) is 0 Å². The van der Waals surface area contributed by atoms with Crippen LogP contribution in [0.1, 0.15) is 11.1 Å². The lowest BCUT2D eigenvalue weighted by Crippen LogP contribution is -2.50. The maximum Gasteiger partial charge on any atom is 0.264 e. The topological polar surface area (TPSA) is 75.7 Å². The average molecular weight is 473 g/mol. The summed E-state index contributed by atoms with van der Waals surface area (Å²) >= 11 is 0. The van der Waals surface area contributed by atoms with Crippen LogP contribution in [0.25, 0.3) is 10.8 Å². The van der Waals surface area contributed by atoms with Gasteiger partial charge < -0.3 is 10.1 Å². The minimum absolute atomic E-state index is 0.114. The van der Waals surface area contributed by atoms with Gasteiger partial charge in [0, 0.05) is 6.54 Å². The lowest BCUT2D eigenvalue weighted by Gasteiger charge is -2.35. The van der Waals surface area contributed by atoms with Gasteiger partial charge in [0.2, 0.25) is 0 Å². The molecule has 0 bridgehead atoms. The summed E-state index contributed by atoms with van der Waals surface area (Å²) in [4.78, 5) is 13.2. The number of nitrogens with zero attached hydrogens (tertiary/aromatic N) is 1. The fraction of sp³-hybridized carbons (Fsp3) is 0.148. The van der Waals surface area contributed by atoms with Crippen LogP contribution in [0.15, 0.2) is 95.9 Å². The molecule has 0 saturated carbocycles. The quantitative estimate of drug-likeness (QED) is 0.467. The van der Waals surface area contributed by atoms with E-state index < -0.39 is 16.1 Å². The Morgan fingerprint density at radius 3 is 2.47 bits per heavy atom. The van der Waals surface area contributed by atoms with E-state index in [0.717, 1.165) is 21.9 Å². The highest BCUT2D eigenvalue weighted by Gasteiger charge is 2.37. The molecule has 0 aromatic heterocycles. The summed E-state index contributed by atoms with van der Waals surface area (Å²) in [6.07, 6.45) is -0.978. The summed E-state index contributed by atoms with van der Waals surface area (Å²) < 4.78 is 34.2. The molecule has 1 amide bonds. The number of rotatable bonds is 5. The molecule has 0 unspecified atom stereocenters. The highest BCUT2D eigenvalue weighted by molar-refractivity contribution is 7.92. The molecule has 0 spiro atoms. The Morgan fingerprint density at radius 1 is 0.941 bits per heavy atom. The SMILES string of the molecule is Cc1ccc2c(c1)N(S(=O)(=O)c1ccccc1)C[C@@H](C(=O)NCc1ccc3ccccc3c1)O2. The van der Waals surface area contributed by atoms with Crippen molar-refractivity contribution in [3.05, 3.63) is 102 Å². The van der Waals surface area contributed by atoms with Crippen LogP contribution in [0.5, 0.6) is 5.75 Å². The van der Waals surface area contributed by atoms with Crippen molar-refractivity contribution in [1.29, 1.82) is 0 Å². The molecule has 1 aliphatic heterocycles. The van der Waals surface area contributed by atoms with E-state index in [-0.39, 0.29) is 17.3 Å². The third-order valence-electron chi connectivity index (χ3n) is 5.89. The van der Waals surface area contributed by atoms with Gasteiger partial charge in [-0.3, -0.25) is 9.10 Å². The normalized spacial score (nSPS) is 15.4. The predicted octanol–water partition coefficient (Wildman–Crippen LogP) is 4.42. The largest absolute Gasteiger partial charge is 0.476 e. The first-order valence-corrected chi connectivity index (χ1v) is 12.5. The van der Waals surface area contributed by atoms with Crippen molar-refractivity contribution in [2.24, 2.45) is 0 Å². The van der Waals surface area contributed by atoms with Gasteiger partial charge in [-0.05, 0) is 59.2 Å². The summed E-state index contributed by atoms with van der Waals surface area (Å²) in [6, 6.07) is 27.6. The Labute approximate surface area is 198 Å². The number of nitrogens with one attached hydrogen (secondary N) is 1. The molecular formula is C27H24N2O4S. The number of carbonyl (C=O) groups is 1. The van der Waals surface area contributed by atoms with E-state index in [9.17, 15) is 13.2 Å². The average Bonchev–Trinajstić information content (AvgIpc) is 2.87. The molecule has 4 aromatic carbocycles. The van der Waals surface area contributed by atoms with E-state index >= 15 is 0 Å². The lowest BCUT2D eigenvalue weighted by atomic mass is 10.1. The van der Waals surface area contributed by atoms with Crippen molar-refractivity contribution in [2.75, 3.05) is 10.8 Å². The van der Waals surface area contributed by atoms with Gasteiger partial charge in [-0.25, -0.2) is 8.42 Å². The fourth-order valence-corrected chi connectivity index (χ4v) is 5.59. The number of carbonyl (C=O) groups excluding carboxylic acids is 1. The van der Waals surface area contributed by atoms with Gasteiger partial charge in [0.25, 0.3) is 15.9 Å². The second-order valence-electron chi connectivity index (χ2n) is 8.33. The van der Waals surface area contributed by atoms with Crippen molar-refractivity contribution < 1.29 is 17.9 Å². The Morgan fingerprint density at radius 2 is 1.68 bits per heavy atom. The van der Waals surface area contributed by atoms with Crippen LogP contribution in [-0.4, -0.2) is 27.0 Å². The molecule has 1 N–H and O–H groups in total. The maximum atomic E-state index is 13.5. The molecule has 0 radical (unpaired) electrons. The van der Waals surface area contributed by atoms with Gasteiger partial charge in [-0.15, -0.1) is 0 Å². The van der Waals surface area contributed by atoms with Crippen LogP contribution in [-0.2, 0) is 21.4 Å². The van der Waals surface area contributed by atoms with E-state index in [1.54, 1.807) is 42.5 Å². The maximum absolute atomic E-state index is 13.5. The Hall–Kier alpha value is -3.84. The van der Waals surface area contributed by atoms with E-state index in [4.69, 9.17) is 4.74 Å². The molecule has 6 nitrogen and oxygen atoms in total. The first-order valence-electron chi connectivity index (χ1n) is 11.0. The summed E-state index contributed by atoms with van der Waals surface area (Å²) in [5.74, 6) is -0.00476. The smallest absolute Gasteiger partial charge is 0.264 e. The molecule has 1 atom stereocenters. The molecule has 7 heteroatoms. The summed E-state index contributed by atoms with van der Waals surface area (Å²) in [5.41, 5.74) is 2.28. The predicted molar refractivity (Wildman–Crippen MR) is 132 cm³/mol. The number of anilines is 1.